The molecular formula is C30H18Cl6O3. The van der Waals surface area contributed by atoms with Gasteiger partial charge >= 0.3 is 0 Å². The molecule has 3 nitrogen and oxygen atoms in total. The quantitative estimate of drug-likeness (QED) is 0.169. The summed E-state index contributed by atoms with van der Waals surface area (Å²) in [5.74, 6) is -0.420. The third-order valence-corrected chi connectivity index (χ3v) is 6.85. The minimum Gasteiger partial charge on any atom is -0.506 e. The van der Waals surface area contributed by atoms with Gasteiger partial charge in [-0.25, -0.2) is 0 Å². The zero-order chi connectivity index (χ0) is 28.5. The fourth-order valence-corrected chi connectivity index (χ4v) is 4.15. The lowest BCUT2D eigenvalue weighted by Crippen LogP contribution is -1.93. The molecule has 0 radical (unpaired) electrons. The van der Waals surface area contributed by atoms with Gasteiger partial charge in [0.1, 0.15) is 5.75 Å². The maximum absolute atomic E-state index is 11.9. The van der Waals surface area contributed by atoms with Gasteiger partial charge in [-0.15, -0.1) is 0 Å². The van der Waals surface area contributed by atoms with Crippen molar-refractivity contribution in [2.45, 2.75) is 0 Å². The molecule has 4 rings (SSSR count). The van der Waals surface area contributed by atoms with Crippen LogP contribution >= 0.6 is 69.6 Å². The average Bonchev–Trinajstić information content (AvgIpc) is 2.91. The largest absolute Gasteiger partial charge is 0.506 e. The van der Waals surface area contributed by atoms with Crippen LogP contribution in [-0.4, -0.2) is 16.7 Å². The number of benzene rings is 4. The van der Waals surface area contributed by atoms with Crippen molar-refractivity contribution in [3.8, 4) is 5.75 Å². The van der Waals surface area contributed by atoms with Crippen LogP contribution in [0.15, 0.2) is 91.0 Å². The number of phenolic OH excluding ortho intramolecular Hbond substituents is 1. The number of rotatable bonds is 6. The number of hydrogen-bond donors (Lipinski definition) is 1. The van der Waals surface area contributed by atoms with Crippen LogP contribution in [0.2, 0.25) is 30.1 Å². The normalized spacial score (nSPS) is 10.9. The number of ketones is 2. The van der Waals surface area contributed by atoms with E-state index in [-0.39, 0.29) is 22.3 Å². The monoisotopic (exact) mass is 636 g/mol. The molecule has 0 aliphatic rings. The Bertz CT molecular complexity index is 1540. The molecule has 4 aromatic rings. The Morgan fingerprint density at radius 1 is 0.538 bits per heavy atom. The summed E-state index contributed by atoms with van der Waals surface area (Å²) in [4.78, 5) is 23.8. The number of halogens is 6. The Morgan fingerprint density at radius 2 is 1.05 bits per heavy atom. The summed E-state index contributed by atoms with van der Waals surface area (Å²) in [6.07, 6.45) is 5.98. The molecule has 4 aromatic carbocycles. The van der Waals surface area contributed by atoms with E-state index in [1.165, 1.54) is 30.4 Å². The minimum atomic E-state index is -0.211. The van der Waals surface area contributed by atoms with Gasteiger partial charge in [0.05, 0.1) is 15.1 Å². The Balaban J connectivity index is 0.000000216. The average molecular weight is 639 g/mol. The molecule has 0 atom stereocenters. The summed E-state index contributed by atoms with van der Waals surface area (Å²) in [7, 11) is 0. The van der Waals surface area contributed by atoms with Crippen LogP contribution in [0.1, 0.15) is 31.8 Å². The van der Waals surface area contributed by atoms with Crippen molar-refractivity contribution in [1.29, 1.82) is 0 Å². The van der Waals surface area contributed by atoms with Crippen molar-refractivity contribution in [2.24, 2.45) is 0 Å². The summed E-state index contributed by atoms with van der Waals surface area (Å²) >= 11 is 34.9. The molecule has 0 aliphatic heterocycles. The number of hydrogen-bond acceptors (Lipinski definition) is 3. The molecule has 0 aromatic heterocycles. The van der Waals surface area contributed by atoms with E-state index < -0.39 is 0 Å². The zero-order valence-electron chi connectivity index (χ0n) is 19.8. The van der Waals surface area contributed by atoms with Gasteiger partial charge in [-0.3, -0.25) is 9.59 Å². The van der Waals surface area contributed by atoms with Gasteiger partial charge in [-0.2, -0.15) is 0 Å². The SMILES string of the molecule is O=C(C=Cc1cc(Cl)cc(Cl)c1O)c1ccc(Cl)cc1.O=C(C=Cc1ccc(Cl)c(Cl)c1)c1ccc(Cl)cc1. The van der Waals surface area contributed by atoms with Gasteiger partial charge in [0.2, 0.25) is 0 Å². The highest BCUT2D eigenvalue weighted by molar-refractivity contribution is 6.42. The Labute approximate surface area is 255 Å². The maximum atomic E-state index is 11.9. The molecule has 0 spiro atoms. The van der Waals surface area contributed by atoms with E-state index in [2.05, 4.69) is 0 Å². The van der Waals surface area contributed by atoms with Crippen molar-refractivity contribution in [3.63, 3.8) is 0 Å². The molecule has 0 aliphatic carbocycles. The first-order valence-electron chi connectivity index (χ1n) is 11.1. The van der Waals surface area contributed by atoms with Crippen LogP contribution in [0.4, 0.5) is 0 Å². The number of aromatic hydroxyl groups is 1. The van der Waals surface area contributed by atoms with Crippen molar-refractivity contribution < 1.29 is 14.7 Å². The van der Waals surface area contributed by atoms with Crippen LogP contribution in [-0.2, 0) is 0 Å². The van der Waals surface area contributed by atoms with E-state index in [0.717, 1.165) is 5.56 Å². The second kappa shape index (κ2) is 14.6. The smallest absolute Gasteiger partial charge is 0.185 e. The van der Waals surface area contributed by atoms with E-state index in [0.29, 0.717) is 41.8 Å². The van der Waals surface area contributed by atoms with Crippen molar-refractivity contribution >= 4 is 93.3 Å². The van der Waals surface area contributed by atoms with Crippen LogP contribution in [0.5, 0.6) is 5.75 Å². The first-order valence-corrected chi connectivity index (χ1v) is 13.4. The van der Waals surface area contributed by atoms with E-state index in [4.69, 9.17) is 69.6 Å². The summed E-state index contributed by atoms with van der Waals surface area (Å²) in [5, 5.41) is 12.4. The topological polar surface area (TPSA) is 54.4 Å². The minimum absolute atomic E-state index is 0.0947. The molecule has 0 fully saturated rings. The first kappa shape index (κ1) is 30.8. The second-order valence-corrected chi connectivity index (χ2v) is 10.4. The van der Waals surface area contributed by atoms with Gasteiger partial charge in [0.25, 0.3) is 0 Å². The Hall–Kier alpha value is -2.76. The molecule has 1 N–H and O–H groups in total. The lowest BCUT2D eigenvalue weighted by atomic mass is 10.1. The lowest BCUT2D eigenvalue weighted by Gasteiger charge is -2.02. The van der Waals surface area contributed by atoms with Crippen LogP contribution in [0, 0.1) is 0 Å². The number of allylic oxidation sites excluding steroid dienone is 2. The standard InChI is InChI=1S/C15H9Cl3O2.C15H9Cl3O/c16-11-4-1-9(2-5-11)14(19)6-3-10-7-12(17)8-13(18)15(10)20;16-12-5-3-11(4-6-12)15(19)8-2-10-1-7-13(17)14(18)9-10/h1-8,20H;1-9H. The number of phenols is 1. The maximum Gasteiger partial charge on any atom is 0.185 e. The molecule has 0 saturated carbocycles. The van der Waals surface area contributed by atoms with Crippen molar-refractivity contribution in [1.82, 2.24) is 0 Å². The van der Waals surface area contributed by atoms with Crippen molar-refractivity contribution in [2.75, 3.05) is 0 Å². The summed E-state index contributed by atoms with van der Waals surface area (Å²) in [6.45, 7) is 0. The Morgan fingerprint density at radius 3 is 1.56 bits per heavy atom. The Kier molecular flexibility index (Phi) is 11.5. The highest BCUT2D eigenvalue weighted by atomic mass is 35.5. The number of carbonyl (C=O) groups is 2. The van der Waals surface area contributed by atoms with E-state index >= 15 is 0 Å². The van der Waals surface area contributed by atoms with Crippen LogP contribution in [0.25, 0.3) is 12.2 Å². The van der Waals surface area contributed by atoms with Gasteiger partial charge in [-0.05, 0) is 96.6 Å². The molecule has 0 bridgehead atoms. The highest BCUT2D eigenvalue weighted by Gasteiger charge is 2.07. The fraction of sp³-hybridized carbons (Fsp3) is 0. The second-order valence-electron chi connectivity index (χ2n) is 7.91. The lowest BCUT2D eigenvalue weighted by molar-refractivity contribution is 0.103. The fourth-order valence-electron chi connectivity index (χ4n) is 3.09. The first-order chi connectivity index (χ1) is 18.5. The number of carbonyl (C=O) groups excluding carboxylic acids is 2. The molecule has 39 heavy (non-hydrogen) atoms. The summed E-state index contributed by atoms with van der Waals surface area (Å²) in [5.41, 5.74) is 2.28. The highest BCUT2D eigenvalue weighted by Crippen LogP contribution is 2.32. The summed E-state index contributed by atoms with van der Waals surface area (Å²) < 4.78 is 0. The molecule has 0 amide bonds. The zero-order valence-corrected chi connectivity index (χ0v) is 24.4. The van der Waals surface area contributed by atoms with Crippen LogP contribution < -0.4 is 0 Å². The van der Waals surface area contributed by atoms with Crippen LogP contribution in [0.3, 0.4) is 0 Å². The third kappa shape index (κ3) is 9.44. The molecule has 0 unspecified atom stereocenters. The van der Waals surface area contributed by atoms with E-state index in [1.54, 1.807) is 72.8 Å². The molecule has 0 heterocycles. The van der Waals surface area contributed by atoms with Gasteiger partial charge in [0, 0.05) is 31.8 Å². The molecule has 198 valence electrons. The van der Waals surface area contributed by atoms with Gasteiger partial charge in [0.15, 0.2) is 11.6 Å². The third-order valence-electron chi connectivity index (χ3n) is 5.10. The van der Waals surface area contributed by atoms with Gasteiger partial charge in [-0.1, -0.05) is 81.7 Å². The molecule has 0 saturated heterocycles. The predicted molar refractivity (Wildman–Crippen MR) is 164 cm³/mol. The van der Waals surface area contributed by atoms with E-state index in [9.17, 15) is 14.7 Å². The molecule has 9 heteroatoms. The summed E-state index contributed by atoms with van der Waals surface area (Å²) in [6, 6.07) is 21.4. The van der Waals surface area contributed by atoms with E-state index in [1.807, 2.05) is 0 Å². The molecular weight excluding hydrogens is 621 g/mol. The predicted octanol–water partition coefficient (Wildman–Crippen LogP) is 10.8. The van der Waals surface area contributed by atoms with Gasteiger partial charge < -0.3 is 5.11 Å². The van der Waals surface area contributed by atoms with Crippen molar-refractivity contribution in [3.05, 3.63) is 143 Å².